The third kappa shape index (κ3) is 4.62. The van der Waals surface area contributed by atoms with Crippen LogP contribution in [0.1, 0.15) is 57.4 Å². The number of nitrogens with zero attached hydrogens (tertiary/aromatic N) is 3. The number of allylic oxidation sites excluding steroid dienone is 1. The van der Waals surface area contributed by atoms with Crippen molar-refractivity contribution in [3.63, 3.8) is 0 Å². The van der Waals surface area contributed by atoms with E-state index in [0.29, 0.717) is 29.6 Å². The van der Waals surface area contributed by atoms with Gasteiger partial charge in [-0.3, -0.25) is 0 Å². The zero-order valence-electron chi connectivity index (χ0n) is 19.8. The number of hydrogen-bond donors (Lipinski definition) is 1. The molecule has 1 N–H and O–H groups in total. The molecule has 0 aliphatic carbocycles. The van der Waals surface area contributed by atoms with Gasteiger partial charge in [0.25, 0.3) is 0 Å². The topological polar surface area (TPSA) is 78.3 Å². The molecule has 2 heterocycles. The van der Waals surface area contributed by atoms with E-state index in [1.54, 1.807) is 11.6 Å². The second kappa shape index (κ2) is 9.10. The van der Waals surface area contributed by atoms with Crippen molar-refractivity contribution in [2.45, 2.75) is 52.7 Å². The van der Waals surface area contributed by atoms with Gasteiger partial charge in [-0.25, -0.2) is 9.48 Å². The van der Waals surface area contributed by atoms with Crippen LogP contribution in [0.5, 0.6) is 5.75 Å². The summed E-state index contributed by atoms with van der Waals surface area (Å²) in [5, 5.41) is 7.53. The highest BCUT2D eigenvalue weighted by Crippen LogP contribution is 2.39. The van der Waals surface area contributed by atoms with Gasteiger partial charge in [0, 0.05) is 11.3 Å². The average Bonchev–Trinajstić information content (AvgIpc) is 3.25. The lowest BCUT2D eigenvalue weighted by Crippen LogP contribution is -2.30. The molecule has 1 unspecified atom stereocenters. The summed E-state index contributed by atoms with van der Waals surface area (Å²) in [6, 6.07) is 15.7. The first kappa shape index (κ1) is 22.6. The van der Waals surface area contributed by atoms with Crippen molar-refractivity contribution in [2.24, 2.45) is 0 Å². The van der Waals surface area contributed by atoms with Crippen molar-refractivity contribution in [1.29, 1.82) is 0 Å². The monoisotopic (exact) mass is 446 g/mol. The van der Waals surface area contributed by atoms with Crippen LogP contribution in [-0.4, -0.2) is 27.3 Å². The molecule has 172 valence electrons. The first-order chi connectivity index (χ1) is 15.8. The molecule has 0 spiro atoms. The third-order valence-corrected chi connectivity index (χ3v) is 5.72. The summed E-state index contributed by atoms with van der Waals surface area (Å²) in [6.45, 7) is 10.9. The zero-order chi connectivity index (χ0) is 23.6. The van der Waals surface area contributed by atoms with Crippen LogP contribution in [0, 0.1) is 0 Å². The predicted octanol–water partition coefficient (Wildman–Crippen LogP) is 5.01. The number of aromatic nitrogens is 3. The Hall–Kier alpha value is -3.61. The van der Waals surface area contributed by atoms with Gasteiger partial charge in [0.15, 0.2) is 0 Å². The number of carbonyl (C=O) groups excluding carboxylic acids is 1. The van der Waals surface area contributed by atoms with Crippen LogP contribution >= 0.6 is 0 Å². The molecule has 1 aromatic heterocycles. The highest BCUT2D eigenvalue weighted by molar-refractivity contribution is 5.92. The Bertz CT molecular complexity index is 1170. The Morgan fingerprint density at radius 2 is 1.85 bits per heavy atom. The Balaban J connectivity index is 1.66. The molecule has 1 aliphatic rings. The maximum Gasteiger partial charge on any atom is 0.338 e. The van der Waals surface area contributed by atoms with Crippen LogP contribution in [0.15, 0.2) is 66.1 Å². The fourth-order valence-electron chi connectivity index (χ4n) is 3.95. The number of anilines is 1. The molecule has 33 heavy (non-hydrogen) atoms. The van der Waals surface area contributed by atoms with Gasteiger partial charge in [0.1, 0.15) is 24.7 Å². The van der Waals surface area contributed by atoms with E-state index in [1.807, 2.05) is 31.2 Å². The van der Waals surface area contributed by atoms with Crippen LogP contribution in [0.25, 0.3) is 0 Å². The maximum atomic E-state index is 12.9. The summed E-state index contributed by atoms with van der Waals surface area (Å²) < 4.78 is 13.3. The standard InChI is InChI=1S/C26H30N4O3/c1-6-32-24(31)22-17(2)29-25-27-16-28-30(25)23(22)20-9-7-8-10-21(20)33-15-18-11-13-19(14-12-18)26(3,4)5/h7-14,16,23H,6,15H2,1-5H3,(H,27,28,29). The molecule has 0 amide bonds. The molecule has 0 radical (unpaired) electrons. The van der Waals surface area contributed by atoms with E-state index in [-0.39, 0.29) is 18.0 Å². The Morgan fingerprint density at radius 1 is 1.12 bits per heavy atom. The number of fused-ring (bicyclic) bond motifs is 1. The van der Waals surface area contributed by atoms with Crippen molar-refractivity contribution in [2.75, 3.05) is 11.9 Å². The van der Waals surface area contributed by atoms with Crippen molar-refractivity contribution in [1.82, 2.24) is 14.8 Å². The van der Waals surface area contributed by atoms with E-state index in [2.05, 4.69) is 60.4 Å². The number of benzene rings is 2. The molecule has 7 heteroatoms. The molecular formula is C26H30N4O3. The Labute approximate surface area is 194 Å². The summed E-state index contributed by atoms with van der Waals surface area (Å²) in [5.74, 6) is 0.861. The number of hydrogen-bond acceptors (Lipinski definition) is 6. The van der Waals surface area contributed by atoms with Crippen molar-refractivity contribution in [3.8, 4) is 5.75 Å². The average molecular weight is 447 g/mol. The highest BCUT2D eigenvalue weighted by atomic mass is 16.5. The summed E-state index contributed by atoms with van der Waals surface area (Å²) >= 11 is 0. The molecule has 0 bridgehead atoms. The van der Waals surface area contributed by atoms with Gasteiger partial charge in [0.2, 0.25) is 5.95 Å². The fraction of sp³-hybridized carbons (Fsp3) is 0.346. The van der Waals surface area contributed by atoms with Crippen LogP contribution < -0.4 is 10.1 Å². The molecule has 2 aromatic carbocycles. The van der Waals surface area contributed by atoms with Gasteiger partial charge < -0.3 is 14.8 Å². The van der Waals surface area contributed by atoms with Gasteiger partial charge in [-0.05, 0) is 36.5 Å². The molecule has 3 aromatic rings. The van der Waals surface area contributed by atoms with Crippen LogP contribution in [-0.2, 0) is 21.6 Å². The molecule has 4 rings (SSSR count). The van der Waals surface area contributed by atoms with Gasteiger partial charge in [-0.15, -0.1) is 0 Å². The maximum absolute atomic E-state index is 12.9. The van der Waals surface area contributed by atoms with E-state index >= 15 is 0 Å². The molecule has 0 fully saturated rings. The minimum Gasteiger partial charge on any atom is -0.489 e. The molecular weight excluding hydrogens is 416 g/mol. The lowest BCUT2D eigenvalue weighted by atomic mass is 9.87. The summed E-state index contributed by atoms with van der Waals surface area (Å²) in [6.07, 6.45) is 1.47. The smallest absolute Gasteiger partial charge is 0.338 e. The van der Waals surface area contributed by atoms with E-state index in [1.165, 1.54) is 11.9 Å². The second-order valence-electron chi connectivity index (χ2n) is 9.09. The number of carbonyl (C=O) groups is 1. The molecule has 0 saturated heterocycles. The van der Waals surface area contributed by atoms with Gasteiger partial charge in [0.05, 0.1) is 12.2 Å². The number of nitrogens with one attached hydrogen (secondary N) is 1. The van der Waals surface area contributed by atoms with Crippen molar-refractivity contribution >= 4 is 11.9 Å². The number of para-hydroxylation sites is 1. The van der Waals surface area contributed by atoms with E-state index in [0.717, 1.165) is 11.1 Å². The van der Waals surface area contributed by atoms with Crippen LogP contribution in [0.4, 0.5) is 5.95 Å². The minimum absolute atomic E-state index is 0.101. The second-order valence-corrected chi connectivity index (χ2v) is 9.09. The zero-order valence-corrected chi connectivity index (χ0v) is 19.8. The predicted molar refractivity (Wildman–Crippen MR) is 127 cm³/mol. The largest absolute Gasteiger partial charge is 0.489 e. The number of rotatable bonds is 6. The quantitative estimate of drug-likeness (QED) is 0.537. The fourth-order valence-corrected chi connectivity index (χ4v) is 3.95. The SMILES string of the molecule is CCOC(=O)C1=C(C)Nc2ncnn2C1c1ccccc1OCc1ccc(C(C)(C)C)cc1. The summed E-state index contributed by atoms with van der Waals surface area (Å²) in [5.41, 5.74) is 4.44. The molecule has 7 nitrogen and oxygen atoms in total. The number of esters is 1. The van der Waals surface area contributed by atoms with E-state index < -0.39 is 6.04 Å². The Kier molecular flexibility index (Phi) is 6.22. The van der Waals surface area contributed by atoms with Crippen LogP contribution in [0.2, 0.25) is 0 Å². The van der Waals surface area contributed by atoms with Crippen LogP contribution in [0.3, 0.4) is 0 Å². The van der Waals surface area contributed by atoms with Gasteiger partial charge in [-0.2, -0.15) is 10.1 Å². The van der Waals surface area contributed by atoms with E-state index in [4.69, 9.17) is 9.47 Å². The summed E-state index contributed by atoms with van der Waals surface area (Å²) in [4.78, 5) is 17.2. The van der Waals surface area contributed by atoms with Crippen molar-refractivity contribution < 1.29 is 14.3 Å². The third-order valence-electron chi connectivity index (χ3n) is 5.72. The molecule has 1 aliphatic heterocycles. The van der Waals surface area contributed by atoms with Gasteiger partial charge in [-0.1, -0.05) is 63.2 Å². The normalized spacial score (nSPS) is 15.6. The van der Waals surface area contributed by atoms with Gasteiger partial charge >= 0.3 is 5.97 Å². The summed E-state index contributed by atoms with van der Waals surface area (Å²) in [7, 11) is 0. The minimum atomic E-state index is -0.512. The first-order valence-corrected chi connectivity index (χ1v) is 11.1. The lowest BCUT2D eigenvalue weighted by Gasteiger charge is -2.29. The molecule has 0 saturated carbocycles. The number of ether oxygens (including phenoxy) is 2. The Morgan fingerprint density at radius 3 is 2.55 bits per heavy atom. The highest BCUT2D eigenvalue weighted by Gasteiger charge is 2.35. The van der Waals surface area contributed by atoms with Crippen molar-refractivity contribution in [3.05, 3.63) is 82.8 Å². The lowest BCUT2D eigenvalue weighted by molar-refractivity contribution is -0.139. The first-order valence-electron chi connectivity index (χ1n) is 11.1. The van der Waals surface area contributed by atoms with E-state index in [9.17, 15) is 4.79 Å². The molecule has 1 atom stereocenters.